The van der Waals surface area contributed by atoms with Crippen LogP contribution >= 0.6 is 0 Å². The van der Waals surface area contributed by atoms with Crippen LogP contribution in [-0.4, -0.2) is 24.5 Å². The van der Waals surface area contributed by atoms with Crippen molar-refractivity contribution in [3.63, 3.8) is 0 Å². The zero-order valence-corrected chi connectivity index (χ0v) is 24.1. The van der Waals surface area contributed by atoms with Crippen molar-refractivity contribution in [2.24, 2.45) is 0 Å². The van der Waals surface area contributed by atoms with Gasteiger partial charge in [-0.3, -0.25) is 9.59 Å². The quantitative estimate of drug-likeness (QED) is 0.408. The van der Waals surface area contributed by atoms with Crippen LogP contribution in [-0.2, 0) is 28.3 Å². The van der Waals surface area contributed by atoms with Crippen LogP contribution in [0.5, 0.6) is 5.75 Å². The molecule has 0 heterocycles. The summed E-state index contributed by atoms with van der Waals surface area (Å²) in [4.78, 5) is 26.7. The first kappa shape index (κ1) is 30.5. The molecule has 2 amide bonds. The Bertz CT molecular complexity index is 1170. The first-order chi connectivity index (χ1) is 18.0. The normalized spacial score (nSPS) is 15.9. The number of amides is 2. The van der Waals surface area contributed by atoms with E-state index in [1.807, 2.05) is 12.1 Å². The maximum absolute atomic E-state index is 13.6. The van der Waals surface area contributed by atoms with E-state index in [1.54, 1.807) is 7.11 Å². The van der Waals surface area contributed by atoms with E-state index in [0.29, 0.717) is 12.8 Å². The second-order valence-electron chi connectivity index (χ2n) is 12.6. The molecule has 0 aliphatic heterocycles. The van der Waals surface area contributed by atoms with E-state index in [9.17, 15) is 22.8 Å². The molecule has 214 valence electrons. The van der Waals surface area contributed by atoms with Gasteiger partial charge in [-0.25, -0.2) is 0 Å². The van der Waals surface area contributed by atoms with Crippen molar-refractivity contribution in [1.82, 2.24) is 10.6 Å². The van der Waals surface area contributed by atoms with Crippen LogP contribution in [0, 0.1) is 0 Å². The Labute approximate surface area is 229 Å². The standard InChI is InChI=1S/C31H41F3N2O3/c1-28(2,3)23-16-20(17-24(25(23)39-7)29(4,5)6)19-35-27(38)30(14-9-8-10-15-30)36-26(37)21-12-11-13-22(18-21)31(32,33)34/h11-13,16-18H,8-10,14-15,19H2,1-7H3,(H,35,38)(H,36,37). The summed E-state index contributed by atoms with van der Waals surface area (Å²) in [5, 5.41) is 5.84. The smallest absolute Gasteiger partial charge is 0.416 e. The molecule has 0 bridgehead atoms. The number of nitrogens with one attached hydrogen (secondary N) is 2. The van der Waals surface area contributed by atoms with E-state index >= 15 is 0 Å². The van der Waals surface area contributed by atoms with E-state index in [4.69, 9.17) is 4.74 Å². The fourth-order valence-electron chi connectivity index (χ4n) is 5.17. The zero-order valence-electron chi connectivity index (χ0n) is 24.1. The van der Waals surface area contributed by atoms with Gasteiger partial charge in [-0.2, -0.15) is 13.2 Å². The lowest BCUT2D eigenvalue weighted by Gasteiger charge is -2.37. The van der Waals surface area contributed by atoms with Crippen molar-refractivity contribution < 1.29 is 27.5 Å². The van der Waals surface area contributed by atoms with Crippen molar-refractivity contribution in [2.45, 2.75) is 103 Å². The molecule has 3 rings (SSSR count). The lowest BCUT2D eigenvalue weighted by atomic mass is 9.78. The highest BCUT2D eigenvalue weighted by molar-refractivity contribution is 5.99. The minimum atomic E-state index is -4.56. The van der Waals surface area contributed by atoms with Gasteiger partial charge in [-0.05, 0) is 59.6 Å². The van der Waals surface area contributed by atoms with Crippen molar-refractivity contribution in [3.8, 4) is 5.75 Å². The predicted octanol–water partition coefficient (Wildman–Crippen LogP) is 7.06. The van der Waals surface area contributed by atoms with Gasteiger partial charge in [0.25, 0.3) is 5.91 Å². The first-order valence-electron chi connectivity index (χ1n) is 13.5. The number of carbonyl (C=O) groups is 2. The molecule has 0 unspecified atom stereocenters. The molecule has 0 spiro atoms. The van der Waals surface area contributed by atoms with Gasteiger partial charge in [0.1, 0.15) is 11.3 Å². The predicted molar refractivity (Wildman–Crippen MR) is 147 cm³/mol. The largest absolute Gasteiger partial charge is 0.496 e. The van der Waals surface area contributed by atoms with E-state index in [-0.39, 0.29) is 28.8 Å². The van der Waals surface area contributed by atoms with Crippen LogP contribution in [0.4, 0.5) is 13.2 Å². The lowest BCUT2D eigenvalue weighted by Crippen LogP contribution is -2.59. The molecule has 1 fully saturated rings. The van der Waals surface area contributed by atoms with Crippen molar-refractivity contribution in [1.29, 1.82) is 0 Å². The fourth-order valence-corrected chi connectivity index (χ4v) is 5.17. The summed E-state index contributed by atoms with van der Waals surface area (Å²) in [6, 6.07) is 8.37. The van der Waals surface area contributed by atoms with Crippen LogP contribution in [0.25, 0.3) is 0 Å². The van der Waals surface area contributed by atoms with Crippen LogP contribution in [0.3, 0.4) is 0 Å². The van der Waals surface area contributed by atoms with Crippen molar-refractivity contribution in [3.05, 3.63) is 64.2 Å². The number of hydrogen-bond acceptors (Lipinski definition) is 3. The molecule has 0 aromatic heterocycles. The number of hydrogen-bond donors (Lipinski definition) is 2. The van der Waals surface area contributed by atoms with Gasteiger partial charge in [0.05, 0.1) is 12.7 Å². The van der Waals surface area contributed by atoms with Crippen LogP contribution in [0.15, 0.2) is 36.4 Å². The maximum atomic E-state index is 13.6. The minimum absolute atomic E-state index is 0.123. The van der Waals surface area contributed by atoms with Gasteiger partial charge in [0, 0.05) is 23.2 Å². The highest BCUT2D eigenvalue weighted by Crippen LogP contribution is 2.40. The Hall–Kier alpha value is -3.03. The lowest BCUT2D eigenvalue weighted by molar-refractivity contribution is -0.137. The molecular formula is C31H41F3N2O3. The molecule has 39 heavy (non-hydrogen) atoms. The molecule has 0 saturated heterocycles. The van der Waals surface area contributed by atoms with Crippen molar-refractivity contribution >= 4 is 11.8 Å². The third-order valence-corrected chi connectivity index (χ3v) is 7.37. The number of carbonyl (C=O) groups excluding carboxylic acids is 2. The molecule has 1 aliphatic rings. The summed E-state index contributed by atoms with van der Waals surface area (Å²) < 4.78 is 45.4. The SMILES string of the molecule is COc1c(C(C)(C)C)cc(CNC(=O)C2(NC(=O)c3cccc(C(F)(F)F)c3)CCCCC2)cc1C(C)(C)C. The Morgan fingerprint density at radius 2 is 1.46 bits per heavy atom. The van der Waals surface area contributed by atoms with E-state index < -0.39 is 23.2 Å². The van der Waals surface area contributed by atoms with Gasteiger partial charge in [-0.1, -0.05) is 66.9 Å². The van der Waals surface area contributed by atoms with E-state index in [1.165, 1.54) is 12.1 Å². The summed E-state index contributed by atoms with van der Waals surface area (Å²) >= 11 is 0. The monoisotopic (exact) mass is 546 g/mol. The second kappa shape index (κ2) is 11.2. The highest BCUT2D eigenvalue weighted by Gasteiger charge is 2.41. The zero-order chi connectivity index (χ0) is 29.2. The Kier molecular flexibility index (Phi) is 8.78. The summed E-state index contributed by atoms with van der Waals surface area (Å²) in [5.74, 6) is -0.178. The first-order valence-corrected chi connectivity index (χ1v) is 13.5. The van der Waals surface area contributed by atoms with Gasteiger partial charge in [-0.15, -0.1) is 0 Å². The third-order valence-electron chi connectivity index (χ3n) is 7.37. The molecule has 2 aromatic rings. The summed E-state index contributed by atoms with van der Waals surface area (Å²) in [7, 11) is 1.67. The molecular weight excluding hydrogens is 505 g/mol. The molecule has 2 N–H and O–H groups in total. The van der Waals surface area contributed by atoms with Gasteiger partial charge >= 0.3 is 6.18 Å². The molecule has 5 nitrogen and oxygen atoms in total. The van der Waals surface area contributed by atoms with E-state index in [0.717, 1.165) is 53.8 Å². The molecule has 0 radical (unpaired) electrons. The highest BCUT2D eigenvalue weighted by atomic mass is 19.4. The maximum Gasteiger partial charge on any atom is 0.416 e. The molecule has 8 heteroatoms. The third kappa shape index (κ3) is 7.14. The number of benzene rings is 2. The second-order valence-corrected chi connectivity index (χ2v) is 12.6. The summed E-state index contributed by atoms with van der Waals surface area (Å²) in [6.45, 7) is 12.9. The number of halogens is 3. The molecule has 0 atom stereocenters. The van der Waals surface area contributed by atoms with Crippen LogP contribution in [0.1, 0.15) is 106 Å². The van der Waals surface area contributed by atoms with Gasteiger partial charge in [0.2, 0.25) is 5.91 Å². The fraction of sp³-hybridized carbons (Fsp3) is 0.548. The number of rotatable bonds is 6. The summed E-state index contributed by atoms with van der Waals surface area (Å²) in [5.41, 5.74) is 0.371. The Balaban J connectivity index is 1.88. The number of ether oxygens (including phenoxy) is 1. The van der Waals surface area contributed by atoms with Gasteiger partial charge in [0.15, 0.2) is 0 Å². The van der Waals surface area contributed by atoms with Crippen molar-refractivity contribution in [2.75, 3.05) is 7.11 Å². The molecule has 2 aromatic carbocycles. The summed E-state index contributed by atoms with van der Waals surface area (Å²) in [6.07, 6.45) is -1.31. The average molecular weight is 547 g/mol. The average Bonchev–Trinajstić information content (AvgIpc) is 2.85. The van der Waals surface area contributed by atoms with E-state index in [2.05, 4.69) is 52.2 Å². The molecule has 1 aliphatic carbocycles. The Morgan fingerprint density at radius 1 is 0.897 bits per heavy atom. The van der Waals surface area contributed by atoms with Crippen LogP contribution < -0.4 is 15.4 Å². The van der Waals surface area contributed by atoms with Gasteiger partial charge < -0.3 is 15.4 Å². The Morgan fingerprint density at radius 3 is 1.95 bits per heavy atom. The number of methoxy groups -OCH3 is 1. The number of alkyl halides is 3. The van der Waals surface area contributed by atoms with Crippen LogP contribution in [0.2, 0.25) is 0 Å². The molecule has 1 saturated carbocycles. The minimum Gasteiger partial charge on any atom is -0.496 e. The topological polar surface area (TPSA) is 67.4 Å².